The number of nitrogens with zero attached hydrogens (tertiary/aromatic N) is 3. The van der Waals surface area contributed by atoms with E-state index in [4.69, 9.17) is 5.11 Å². The molecular formula is C22H29F2N5O2. The van der Waals surface area contributed by atoms with Crippen molar-refractivity contribution in [1.29, 1.82) is 0 Å². The maximum atomic E-state index is 14.6. The second-order valence-corrected chi connectivity index (χ2v) is 7.99. The number of aryl methyl sites for hydroxylation is 2. The average Bonchev–Trinajstić information content (AvgIpc) is 2.76. The number of rotatable bonds is 11. The fourth-order valence-electron chi connectivity index (χ4n) is 3.86. The molecule has 9 heteroatoms. The first-order chi connectivity index (χ1) is 14.9. The zero-order valence-electron chi connectivity index (χ0n) is 17.7. The number of alkyl halides is 2. The van der Waals surface area contributed by atoms with E-state index in [1.807, 2.05) is 6.07 Å². The molecule has 2 aromatic rings. The maximum Gasteiger partial charge on any atom is 0.303 e. The third-order valence-corrected chi connectivity index (χ3v) is 5.51. The van der Waals surface area contributed by atoms with E-state index < -0.39 is 24.2 Å². The summed E-state index contributed by atoms with van der Waals surface area (Å²) in [7, 11) is 1.65. The summed E-state index contributed by atoms with van der Waals surface area (Å²) in [6.07, 6.45) is 5.31. The van der Waals surface area contributed by atoms with Crippen LogP contribution in [0.2, 0.25) is 0 Å². The van der Waals surface area contributed by atoms with Crippen LogP contribution >= 0.6 is 0 Å². The number of halogens is 2. The molecule has 3 N–H and O–H groups in total. The highest BCUT2D eigenvalue weighted by Crippen LogP contribution is 2.35. The van der Waals surface area contributed by atoms with Crippen LogP contribution in [0.15, 0.2) is 24.5 Å². The van der Waals surface area contributed by atoms with E-state index in [1.165, 1.54) is 18.0 Å². The third kappa shape index (κ3) is 6.83. The molecule has 1 aliphatic rings. The van der Waals surface area contributed by atoms with Crippen molar-refractivity contribution in [3.05, 3.63) is 41.3 Å². The van der Waals surface area contributed by atoms with Crippen LogP contribution in [0.25, 0.3) is 0 Å². The summed E-state index contributed by atoms with van der Waals surface area (Å²) in [5, 5.41) is 15.2. The number of nitrogens with one attached hydrogen (secondary N) is 2. The molecule has 0 saturated carbocycles. The van der Waals surface area contributed by atoms with Crippen molar-refractivity contribution >= 4 is 17.7 Å². The molecule has 0 aromatic carbocycles. The van der Waals surface area contributed by atoms with Gasteiger partial charge in [-0.25, -0.2) is 23.7 Å². The van der Waals surface area contributed by atoms with Gasteiger partial charge in [0.25, 0.3) is 0 Å². The first-order valence-electron chi connectivity index (χ1n) is 10.7. The number of fused-ring (bicyclic) bond motifs is 1. The van der Waals surface area contributed by atoms with Crippen LogP contribution in [0.4, 0.5) is 20.5 Å². The van der Waals surface area contributed by atoms with Gasteiger partial charge in [-0.1, -0.05) is 6.07 Å². The first-order valence-corrected chi connectivity index (χ1v) is 10.7. The summed E-state index contributed by atoms with van der Waals surface area (Å²) in [4.78, 5) is 23.8. The van der Waals surface area contributed by atoms with E-state index in [0.717, 1.165) is 30.9 Å². The zero-order valence-corrected chi connectivity index (χ0v) is 17.7. The lowest BCUT2D eigenvalue weighted by Gasteiger charge is -2.22. The summed E-state index contributed by atoms with van der Waals surface area (Å²) in [5.41, 5.74) is 2.52. The second-order valence-electron chi connectivity index (χ2n) is 7.99. The minimum atomic E-state index is -2.97. The lowest BCUT2D eigenvalue weighted by atomic mass is 9.89. The molecule has 1 atom stereocenters. The predicted octanol–water partition coefficient (Wildman–Crippen LogP) is 4.27. The summed E-state index contributed by atoms with van der Waals surface area (Å²) in [6.45, 7) is 0.913. The molecule has 0 bridgehead atoms. The molecule has 0 spiro atoms. The minimum absolute atomic E-state index is 0.290. The lowest BCUT2D eigenvalue weighted by molar-refractivity contribution is -0.138. The molecule has 0 unspecified atom stereocenters. The van der Waals surface area contributed by atoms with Crippen LogP contribution in [-0.2, 0) is 17.6 Å². The topological polar surface area (TPSA) is 100 Å². The summed E-state index contributed by atoms with van der Waals surface area (Å²) in [5.74, 6) is -3.66. The highest BCUT2D eigenvalue weighted by atomic mass is 19.3. The van der Waals surface area contributed by atoms with Crippen molar-refractivity contribution in [3.63, 3.8) is 0 Å². The van der Waals surface area contributed by atoms with E-state index in [1.54, 1.807) is 7.05 Å². The fourth-order valence-corrected chi connectivity index (χ4v) is 3.86. The number of carboxylic acid groups (broad SMARTS) is 1. The lowest BCUT2D eigenvalue weighted by Crippen LogP contribution is -2.22. The number of carboxylic acids is 1. The number of hydrogen-bond donors (Lipinski definition) is 3. The summed E-state index contributed by atoms with van der Waals surface area (Å²) < 4.78 is 29.3. The molecular weight excluding hydrogens is 404 g/mol. The summed E-state index contributed by atoms with van der Waals surface area (Å²) >= 11 is 0. The van der Waals surface area contributed by atoms with Gasteiger partial charge in [-0.05, 0) is 49.3 Å². The molecule has 0 saturated heterocycles. The number of anilines is 2. The Morgan fingerprint density at radius 1 is 1.29 bits per heavy atom. The molecule has 1 aliphatic heterocycles. The Morgan fingerprint density at radius 2 is 2.06 bits per heavy atom. The molecule has 0 aliphatic carbocycles. The normalized spacial score (nSPS) is 14.4. The second kappa shape index (κ2) is 10.5. The van der Waals surface area contributed by atoms with Crippen molar-refractivity contribution in [2.75, 3.05) is 24.2 Å². The van der Waals surface area contributed by atoms with Crippen LogP contribution < -0.4 is 10.6 Å². The van der Waals surface area contributed by atoms with E-state index in [0.29, 0.717) is 30.8 Å². The van der Waals surface area contributed by atoms with Crippen LogP contribution in [0.1, 0.15) is 61.3 Å². The largest absolute Gasteiger partial charge is 0.481 e. The number of aliphatic carboxylic acids is 1. The highest BCUT2D eigenvalue weighted by molar-refractivity contribution is 5.68. The Kier molecular flexibility index (Phi) is 7.70. The van der Waals surface area contributed by atoms with Gasteiger partial charge in [0.1, 0.15) is 5.82 Å². The van der Waals surface area contributed by atoms with Gasteiger partial charge in [-0.2, -0.15) is 0 Å². The predicted molar refractivity (Wildman–Crippen MR) is 115 cm³/mol. The highest BCUT2D eigenvalue weighted by Gasteiger charge is 2.34. The molecule has 7 nitrogen and oxygen atoms in total. The standard InChI is InChI=1S/C22H29F2N5O2/c1-25-21-27-13-17(14-28-21)16(11-19(30)31)12-22(23,24)9-3-2-6-18-8-7-15-5-4-10-26-20(15)29-18/h7-8,13-14,16H,2-6,9-12H2,1H3,(H,26,29)(H,30,31)(H,25,27,28)/t16-/m1/s1. The number of unbranched alkanes of at least 4 members (excludes halogenated alkanes) is 1. The molecule has 31 heavy (non-hydrogen) atoms. The maximum absolute atomic E-state index is 14.6. The number of pyridine rings is 1. The molecule has 3 heterocycles. The van der Waals surface area contributed by atoms with Crippen LogP contribution in [0, 0.1) is 0 Å². The van der Waals surface area contributed by atoms with Gasteiger partial charge in [0.05, 0.1) is 6.42 Å². The Morgan fingerprint density at radius 3 is 2.77 bits per heavy atom. The molecule has 0 amide bonds. The van der Waals surface area contributed by atoms with Crippen LogP contribution in [0.5, 0.6) is 0 Å². The molecule has 3 rings (SSSR count). The number of carbonyl (C=O) groups is 1. The minimum Gasteiger partial charge on any atom is -0.481 e. The molecule has 2 aromatic heterocycles. The van der Waals surface area contributed by atoms with Crippen molar-refractivity contribution in [3.8, 4) is 0 Å². The Labute approximate surface area is 180 Å². The van der Waals surface area contributed by atoms with Crippen molar-refractivity contribution < 1.29 is 18.7 Å². The van der Waals surface area contributed by atoms with Gasteiger partial charge in [-0.3, -0.25) is 4.79 Å². The molecule has 168 valence electrons. The number of aromatic nitrogens is 3. The van der Waals surface area contributed by atoms with Gasteiger partial charge in [0.15, 0.2) is 0 Å². The van der Waals surface area contributed by atoms with Crippen LogP contribution in [-0.4, -0.2) is 45.5 Å². The third-order valence-electron chi connectivity index (χ3n) is 5.51. The summed E-state index contributed by atoms with van der Waals surface area (Å²) in [6, 6.07) is 4.04. The van der Waals surface area contributed by atoms with Crippen molar-refractivity contribution in [2.45, 2.75) is 63.2 Å². The van der Waals surface area contributed by atoms with Crippen molar-refractivity contribution in [2.24, 2.45) is 0 Å². The molecule has 0 fully saturated rings. The quantitative estimate of drug-likeness (QED) is 0.455. The Bertz CT molecular complexity index is 877. The van der Waals surface area contributed by atoms with E-state index in [-0.39, 0.29) is 12.8 Å². The number of hydrogen-bond acceptors (Lipinski definition) is 6. The SMILES string of the molecule is CNc1ncc([C@H](CC(=O)O)CC(F)(F)CCCCc2ccc3c(n2)NCCC3)cn1. The van der Waals surface area contributed by atoms with Crippen LogP contribution in [0.3, 0.4) is 0 Å². The van der Waals surface area contributed by atoms with Gasteiger partial charge in [-0.15, -0.1) is 0 Å². The van der Waals surface area contributed by atoms with Gasteiger partial charge in [0, 0.05) is 50.4 Å². The smallest absolute Gasteiger partial charge is 0.303 e. The van der Waals surface area contributed by atoms with Gasteiger partial charge >= 0.3 is 5.97 Å². The Hall–Kier alpha value is -2.84. The van der Waals surface area contributed by atoms with E-state index in [2.05, 4.69) is 31.7 Å². The van der Waals surface area contributed by atoms with Gasteiger partial charge in [0.2, 0.25) is 11.9 Å². The average molecular weight is 434 g/mol. The fraction of sp³-hybridized carbons (Fsp3) is 0.545. The zero-order chi connectivity index (χ0) is 22.3. The Balaban J connectivity index is 1.52. The van der Waals surface area contributed by atoms with E-state index >= 15 is 0 Å². The monoisotopic (exact) mass is 433 g/mol. The molecule has 0 radical (unpaired) electrons. The van der Waals surface area contributed by atoms with E-state index in [9.17, 15) is 13.6 Å². The first kappa shape index (κ1) is 22.8. The van der Waals surface area contributed by atoms with Crippen molar-refractivity contribution in [1.82, 2.24) is 15.0 Å². The van der Waals surface area contributed by atoms with Gasteiger partial charge < -0.3 is 15.7 Å².